The molecular weight excluding hydrogens is 376 g/mol. The van der Waals surface area contributed by atoms with Crippen molar-refractivity contribution in [2.45, 2.75) is 63.2 Å². The van der Waals surface area contributed by atoms with E-state index in [0.29, 0.717) is 5.56 Å². The average molecular weight is 411 g/mol. The molecule has 0 atom stereocenters. The summed E-state index contributed by atoms with van der Waals surface area (Å²) in [5, 5.41) is 0. The number of ketones is 1. The van der Waals surface area contributed by atoms with Gasteiger partial charge >= 0.3 is 0 Å². The summed E-state index contributed by atoms with van der Waals surface area (Å²) in [5.41, 5.74) is 1.71. The van der Waals surface area contributed by atoms with Crippen molar-refractivity contribution in [3.05, 3.63) is 65.7 Å². The van der Waals surface area contributed by atoms with E-state index in [0.717, 1.165) is 24.3 Å². The first-order valence-electron chi connectivity index (χ1n) is 10.8. The summed E-state index contributed by atoms with van der Waals surface area (Å²) in [7, 11) is 0. The number of carbonyl (C=O) groups excluding carboxylic acids is 1. The van der Waals surface area contributed by atoms with Crippen molar-refractivity contribution in [3.63, 3.8) is 0 Å². The maximum Gasteiger partial charge on any atom is 0.185 e. The van der Waals surface area contributed by atoms with Crippen molar-refractivity contribution in [1.82, 2.24) is 0 Å². The maximum absolute atomic E-state index is 12.3. The molecule has 0 saturated heterocycles. The van der Waals surface area contributed by atoms with Crippen LogP contribution < -0.4 is 4.74 Å². The van der Waals surface area contributed by atoms with E-state index in [1.165, 1.54) is 49.8 Å². The highest BCUT2D eigenvalue weighted by Gasteiger charge is 2.02. The number of ether oxygens (including phenoxy) is 1. The minimum Gasteiger partial charge on any atom is -0.494 e. The van der Waals surface area contributed by atoms with Crippen LogP contribution in [-0.4, -0.2) is 18.6 Å². The predicted octanol–water partition coefficient (Wildman–Crippen LogP) is 7.82. The fourth-order valence-corrected chi connectivity index (χ4v) is 3.53. The van der Waals surface area contributed by atoms with Gasteiger partial charge < -0.3 is 4.74 Å². The second-order valence-corrected chi connectivity index (χ2v) is 8.20. The van der Waals surface area contributed by atoms with Crippen LogP contribution in [0.2, 0.25) is 0 Å². The normalized spacial score (nSPS) is 11.1. The van der Waals surface area contributed by atoms with Gasteiger partial charge in [0.1, 0.15) is 5.75 Å². The zero-order valence-corrected chi connectivity index (χ0v) is 18.7. The van der Waals surface area contributed by atoms with Crippen LogP contribution in [0.4, 0.5) is 0 Å². The molecule has 0 N–H and O–H groups in total. The minimum atomic E-state index is 0.00793. The van der Waals surface area contributed by atoms with Crippen LogP contribution in [0.25, 0.3) is 6.08 Å². The molecule has 0 aliphatic rings. The molecule has 0 aromatic heterocycles. The Morgan fingerprint density at radius 1 is 0.862 bits per heavy atom. The van der Waals surface area contributed by atoms with E-state index in [2.05, 4.69) is 25.3 Å². The van der Waals surface area contributed by atoms with Gasteiger partial charge in [0.15, 0.2) is 5.78 Å². The molecule has 3 heteroatoms. The summed E-state index contributed by atoms with van der Waals surface area (Å²) in [6.07, 6.45) is 15.9. The molecule has 0 amide bonds. The number of hydrogen-bond donors (Lipinski definition) is 0. The first kappa shape index (κ1) is 23.3. The van der Waals surface area contributed by atoms with Gasteiger partial charge in [0, 0.05) is 10.5 Å². The van der Waals surface area contributed by atoms with E-state index in [9.17, 15) is 4.79 Å². The maximum atomic E-state index is 12.3. The van der Waals surface area contributed by atoms with Crippen LogP contribution in [0.15, 0.2) is 59.5 Å². The van der Waals surface area contributed by atoms with Gasteiger partial charge in [0.2, 0.25) is 0 Å². The number of allylic oxidation sites excluding steroid dienone is 1. The van der Waals surface area contributed by atoms with Gasteiger partial charge in [-0.3, -0.25) is 4.79 Å². The number of benzene rings is 2. The summed E-state index contributed by atoms with van der Waals surface area (Å²) in [4.78, 5) is 13.6. The van der Waals surface area contributed by atoms with Crippen LogP contribution >= 0.6 is 11.8 Å². The Kier molecular flexibility index (Phi) is 11.3. The molecule has 0 fully saturated rings. The number of carbonyl (C=O) groups is 1. The van der Waals surface area contributed by atoms with E-state index in [1.54, 1.807) is 17.8 Å². The number of thioether (sulfide) groups is 1. The molecule has 2 nitrogen and oxygen atoms in total. The number of rotatable bonds is 14. The largest absolute Gasteiger partial charge is 0.494 e. The van der Waals surface area contributed by atoms with Crippen molar-refractivity contribution >= 4 is 23.6 Å². The molecular formula is C26H34O2S. The summed E-state index contributed by atoms with van der Waals surface area (Å²) in [5.74, 6) is 0.842. The van der Waals surface area contributed by atoms with Crippen LogP contribution in [0.3, 0.4) is 0 Å². The highest BCUT2D eigenvalue weighted by molar-refractivity contribution is 7.98. The van der Waals surface area contributed by atoms with Crippen LogP contribution in [0.1, 0.15) is 74.2 Å². The Morgan fingerprint density at radius 2 is 1.48 bits per heavy atom. The third-order valence-electron chi connectivity index (χ3n) is 4.95. The molecule has 0 saturated carbocycles. The van der Waals surface area contributed by atoms with Gasteiger partial charge in [-0.05, 0) is 60.7 Å². The Bertz CT molecular complexity index is 732. The molecule has 0 aliphatic heterocycles. The zero-order valence-electron chi connectivity index (χ0n) is 17.9. The number of hydrogen-bond acceptors (Lipinski definition) is 3. The van der Waals surface area contributed by atoms with E-state index in [1.807, 2.05) is 42.5 Å². The van der Waals surface area contributed by atoms with Crippen LogP contribution in [0.5, 0.6) is 5.75 Å². The molecule has 0 bridgehead atoms. The molecule has 0 aliphatic carbocycles. The quantitative estimate of drug-likeness (QED) is 0.137. The Labute approximate surface area is 180 Å². The van der Waals surface area contributed by atoms with Crippen molar-refractivity contribution in [2.75, 3.05) is 12.9 Å². The lowest BCUT2D eigenvalue weighted by molar-refractivity contribution is 0.104. The van der Waals surface area contributed by atoms with Gasteiger partial charge in [-0.2, -0.15) is 0 Å². The van der Waals surface area contributed by atoms with Crippen LogP contribution in [0, 0.1) is 0 Å². The number of unbranched alkanes of at least 4 members (excludes halogenated alkanes) is 7. The summed E-state index contributed by atoms with van der Waals surface area (Å²) in [6.45, 7) is 3.00. The van der Waals surface area contributed by atoms with Crippen molar-refractivity contribution in [2.24, 2.45) is 0 Å². The zero-order chi connectivity index (χ0) is 20.7. The minimum absolute atomic E-state index is 0.00793. The fourth-order valence-electron chi connectivity index (χ4n) is 3.12. The first-order valence-corrected chi connectivity index (χ1v) is 12.0. The van der Waals surface area contributed by atoms with Crippen molar-refractivity contribution in [1.29, 1.82) is 0 Å². The lowest BCUT2D eigenvalue weighted by atomic mass is 10.1. The van der Waals surface area contributed by atoms with Gasteiger partial charge in [-0.1, -0.05) is 70.1 Å². The molecule has 2 rings (SSSR count). The molecule has 156 valence electrons. The van der Waals surface area contributed by atoms with Gasteiger partial charge in [0.25, 0.3) is 0 Å². The third-order valence-corrected chi connectivity index (χ3v) is 5.69. The van der Waals surface area contributed by atoms with E-state index in [4.69, 9.17) is 4.74 Å². The Morgan fingerprint density at radius 3 is 2.10 bits per heavy atom. The second-order valence-electron chi connectivity index (χ2n) is 7.32. The highest BCUT2D eigenvalue weighted by Crippen LogP contribution is 2.17. The smallest absolute Gasteiger partial charge is 0.185 e. The van der Waals surface area contributed by atoms with Gasteiger partial charge in [-0.15, -0.1) is 11.8 Å². The lowest BCUT2D eigenvalue weighted by Gasteiger charge is -2.07. The lowest BCUT2D eigenvalue weighted by Crippen LogP contribution is -1.99. The molecule has 2 aromatic rings. The predicted molar refractivity (Wildman–Crippen MR) is 126 cm³/mol. The van der Waals surface area contributed by atoms with Gasteiger partial charge in [-0.25, -0.2) is 0 Å². The molecule has 0 spiro atoms. The molecule has 0 radical (unpaired) electrons. The van der Waals surface area contributed by atoms with Crippen LogP contribution in [-0.2, 0) is 0 Å². The first-order chi connectivity index (χ1) is 14.2. The standard InChI is InChI=1S/C26H34O2S/c1-3-4-5-6-7-8-9-10-21-28-24-16-14-23(15-17-24)26(27)20-13-22-11-18-25(29-2)19-12-22/h11-20H,3-10,21H2,1-2H3. The Hall–Kier alpha value is -2.00. The highest BCUT2D eigenvalue weighted by atomic mass is 32.2. The van der Waals surface area contributed by atoms with Gasteiger partial charge in [0.05, 0.1) is 6.61 Å². The molecule has 2 aromatic carbocycles. The monoisotopic (exact) mass is 410 g/mol. The van der Waals surface area contributed by atoms with Crippen molar-refractivity contribution in [3.8, 4) is 5.75 Å². The summed E-state index contributed by atoms with van der Waals surface area (Å²) < 4.78 is 5.81. The Balaban J connectivity index is 1.68. The van der Waals surface area contributed by atoms with E-state index < -0.39 is 0 Å². The fraction of sp³-hybridized carbons (Fsp3) is 0.423. The topological polar surface area (TPSA) is 26.3 Å². The van der Waals surface area contributed by atoms with E-state index in [-0.39, 0.29) is 5.78 Å². The SMILES string of the molecule is CCCCCCCCCCOc1ccc(C(=O)C=Cc2ccc(SC)cc2)cc1. The van der Waals surface area contributed by atoms with E-state index >= 15 is 0 Å². The average Bonchev–Trinajstić information content (AvgIpc) is 2.77. The summed E-state index contributed by atoms with van der Waals surface area (Å²) in [6, 6.07) is 15.6. The molecule has 29 heavy (non-hydrogen) atoms. The molecule has 0 unspecified atom stereocenters. The third kappa shape index (κ3) is 9.36. The molecule has 0 heterocycles. The second kappa shape index (κ2) is 14.1. The summed E-state index contributed by atoms with van der Waals surface area (Å²) >= 11 is 1.71. The van der Waals surface area contributed by atoms with Crippen molar-refractivity contribution < 1.29 is 9.53 Å².